The highest BCUT2D eigenvalue weighted by Crippen LogP contribution is 2.39. The molecular weight excluding hydrogens is 289 g/mol. The molecule has 0 bridgehead atoms. The van der Waals surface area contributed by atoms with Crippen molar-refractivity contribution in [3.63, 3.8) is 0 Å². The summed E-state index contributed by atoms with van der Waals surface area (Å²) in [5.41, 5.74) is -0.163. The van der Waals surface area contributed by atoms with Crippen LogP contribution in [-0.4, -0.2) is 11.0 Å². The first kappa shape index (κ1) is 13.6. The van der Waals surface area contributed by atoms with Crippen LogP contribution in [0.4, 0.5) is 13.2 Å². The second kappa shape index (κ2) is 4.89. The zero-order chi connectivity index (χ0) is 14.3. The Labute approximate surface area is 117 Å². The summed E-state index contributed by atoms with van der Waals surface area (Å²) in [5.74, 6) is 0.578. The molecule has 108 valence electrons. The summed E-state index contributed by atoms with van der Waals surface area (Å²) >= 11 is 1.07. The number of aromatic nitrogens is 1. The summed E-state index contributed by atoms with van der Waals surface area (Å²) in [5, 5.41) is 3.46. The van der Waals surface area contributed by atoms with Crippen LogP contribution in [0.2, 0.25) is 0 Å². The second-order valence-electron chi connectivity index (χ2n) is 4.83. The van der Waals surface area contributed by atoms with Crippen LogP contribution in [0.3, 0.4) is 0 Å². The predicted molar refractivity (Wildman–Crippen MR) is 69.4 cm³/mol. The van der Waals surface area contributed by atoms with Crippen LogP contribution in [-0.2, 0) is 12.7 Å². The molecule has 0 unspecified atom stereocenters. The molecule has 3 rings (SSSR count). The zero-order valence-electron chi connectivity index (χ0n) is 10.8. The first-order valence-electron chi connectivity index (χ1n) is 6.30. The molecule has 20 heavy (non-hydrogen) atoms. The van der Waals surface area contributed by atoms with Crippen LogP contribution in [0.1, 0.15) is 29.2 Å². The van der Waals surface area contributed by atoms with Gasteiger partial charge in [-0.05, 0) is 25.8 Å². The van der Waals surface area contributed by atoms with E-state index in [-0.39, 0.29) is 11.4 Å². The Kier molecular flexibility index (Phi) is 3.33. The summed E-state index contributed by atoms with van der Waals surface area (Å²) in [6.07, 6.45) is -0.893. The highest BCUT2D eigenvalue weighted by molar-refractivity contribution is 7.15. The van der Waals surface area contributed by atoms with Gasteiger partial charge < -0.3 is 9.73 Å². The third-order valence-corrected chi connectivity index (χ3v) is 4.27. The first-order valence-corrected chi connectivity index (χ1v) is 7.11. The lowest BCUT2D eigenvalue weighted by atomic mass is 10.3. The maximum absolute atomic E-state index is 13.0. The fourth-order valence-corrected chi connectivity index (χ4v) is 3.05. The molecule has 0 atom stereocenters. The molecule has 0 amide bonds. The van der Waals surface area contributed by atoms with Crippen LogP contribution in [0, 0.1) is 6.92 Å². The Morgan fingerprint density at radius 3 is 2.75 bits per heavy atom. The Bertz CT molecular complexity index is 613. The Morgan fingerprint density at radius 2 is 2.20 bits per heavy atom. The molecule has 0 aliphatic heterocycles. The summed E-state index contributed by atoms with van der Waals surface area (Å²) < 4.78 is 44.2. The average molecular weight is 302 g/mol. The lowest BCUT2D eigenvalue weighted by Gasteiger charge is -2.06. The SMILES string of the molecule is Cc1occc1-c1nc(C(F)(F)F)c(CNC2CC2)s1. The molecule has 0 saturated heterocycles. The molecule has 0 radical (unpaired) electrons. The van der Waals surface area contributed by atoms with Gasteiger partial charge in [0.05, 0.1) is 16.7 Å². The molecular formula is C13H13F3N2OS. The molecule has 3 nitrogen and oxygen atoms in total. The van der Waals surface area contributed by atoms with E-state index in [9.17, 15) is 13.2 Å². The maximum Gasteiger partial charge on any atom is 0.434 e. The highest BCUT2D eigenvalue weighted by atomic mass is 32.1. The van der Waals surface area contributed by atoms with Crippen molar-refractivity contribution in [2.45, 2.75) is 38.5 Å². The van der Waals surface area contributed by atoms with Crippen molar-refractivity contribution < 1.29 is 17.6 Å². The topological polar surface area (TPSA) is 38.1 Å². The minimum Gasteiger partial charge on any atom is -0.469 e. The first-order chi connectivity index (χ1) is 9.45. The number of rotatable bonds is 4. The van der Waals surface area contributed by atoms with Gasteiger partial charge in [0.2, 0.25) is 0 Å². The molecule has 0 spiro atoms. The average Bonchev–Trinajstić information content (AvgIpc) is 2.93. The summed E-state index contributed by atoms with van der Waals surface area (Å²) in [6.45, 7) is 1.93. The third-order valence-electron chi connectivity index (χ3n) is 3.18. The Balaban J connectivity index is 1.94. The molecule has 7 heteroatoms. The van der Waals surface area contributed by atoms with E-state index in [2.05, 4.69) is 10.3 Å². The van der Waals surface area contributed by atoms with Crippen molar-refractivity contribution in [2.24, 2.45) is 0 Å². The molecule has 2 heterocycles. The second-order valence-corrected chi connectivity index (χ2v) is 5.92. The van der Waals surface area contributed by atoms with Crippen LogP contribution in [0.5, 0.6) is 0 Å². The Morgan fingerprint density at radius 1 is 1.45 bits per heavy atom. The standard InChI is InChI=1S/C13H13F3N2OS/c1-7-9(4-5-19-7)12-18-11(13(14,15)16)10(20-12)6-17-8-2-3-8/h4-5,8,17H,2-3,6H2,1H3. The van der Waals surface area contributed by atoms with Crippen LogP contribution >= 0.6 is 11.3 Å². The van der Waals surface area contributed by atoms with Crippen molar-refractivity contribution >= 4 is 11.3 Å². The Hall–Kier alpha value is -1.34. The van der Waals surface area contributed by atoms with E-state index in [1.807, 2.05) is 0 Å². The smallest absolute Gasteiger partial charge is 0.434 e. The molecule has 1 fully saturated rings. The van der Waals surface area contributed by atoms with E-state index in [0.29, 0.717) is 22.4 Å². The summed E-state index contributed by atoms with van der Waals surface area (Å²) in [4.78, 5) is 4.01. The van der Waals surface area contributed by atoms with Gasteiger partial charge in [0.25, 0.3) is 0 Å². The van der Waals surface area contributed by atoms with E-state index in [4.69, 9.17) is 4.42 Å². The van der Waals surface area contributed by atoms with E-state index >= 15 is 0 Å². The van der Waals surface area contributed by atoms with Gasteiger partial charge in [-0.3, -0.25) is 0 Å². The number of hydrogen-bond acceptors (Lipinski definition) is 4. The van der Waals surface area contributed by atoms with Crippen molar-refractivity contribution in [2.75, 3.05) is 0 Å². The third kappa shape index (κ3) is 2.73. The van der Waals surface area contributed by atoms with E-state index in [0.717, 1.165) is 24.2 Å². The molecule has 2 aromatic rings. The van der Waals surface area contributed by atoms with Gasteiger partial charge in [-0.1, -0.05) is 0 Å². The number of halogens is 3. The van der Waals surface area contributed by atoms with Gasteiger partial charge in [0.15, 0.2) is 5.69 Å². The van der Waals surface area contributed by atoms with E-state index in [1.54, 1.807) is 13.0 Å². The van der Waals surface area contributed by atoms with Gasteiger partial charge in [-0.25, -0.2) is 4.98 Å². The number of aryl methyl sites for hydroxylation is 1. The van der Waals surface area contributed by atoms with Crippen molar-refractivity contribution in [3.8, 4) is 10.6 Å². The number of nitrogens with zero attached hydrogens (tertiary/aromatic N) is 1. The van der Waals surface area contributed by atoms with Crippen molar-refractivity contribution in [3.05, 3.63) is 28.7 Å². The fourth-order valence-electron chi connectivity index (χ4n) is 1.94. The number of thiazole rings is 1. The van der Waals surface area contributed by atoms with Crippen LogP contribution < -0.4 is 5.32 Å². The van der Waals surface area contributed by atoms with Crippen molar-refractivity contribution in [1.29, 1.82) is 0 Å². The number of alkyl halides is 3. The van der Waals surface area contributed by atoms with Crippen molar-refractivity contribution in [1.82, 2.24) is 10.3 Å². The molecule has 1 N–H and O–H groups in total. The molecule has 1 aliphatic rings. The molecule has 1 saturated carbocycles. The summed E-state index contributed by atoms with van der Waals surface area (Å²) in [7, 11) is 0. The zero-order valence-corrected chi connectivity index (χ0v) is 11.6. The van der Waals surface area contributed by atoms with Gasteiger partial charge in [0, 0.05) is 12.6 Å². The quantitative estimate of drug-likeness (QED) is 0.928. The summed E-state index contributed by atoms with van der Waals surface area (Å²) in [6, 6.07) is 2.00. The monoisotopic (exact) mass is 302 g/mol. The lowest BCUT2D eigenvalue weighted by Crippen LogP contribution is -2.18. The van der Waals surface area contributed by atoms with Crippen LogP contribution in [0.15, 0.2) is 16.7 Å². The molecule has 2 aromatic heterocycles. The van der Waals surface area contributed by atoms with Gasteiger partial charge in [0.1, 0.15) is 10.8 Å². The van der Waals surface area contributed by atoms with Crippen LogP contribution in [0.25, 0.3) is 10.6 Å². The normalized spacial score (nSPS) is 15.8. The minimum atomic E-state index is -4.42. The maximum atomic E-state index is 13.0. The number of hydrogen-bond donors (Lipinski definition) is 1. The number of nitrogens with one attached hydrogen (secondary N) is 1. The molecule has 1 aliphatic carbocycles. The predicted octanol–water partition coefficient (Wildman–Crippen LogP) is 3.98. The van der Waals surface area contributed by atoms with Gasteiger partial charge in [-0.15, -0.1) is 11.3 Å². The largest absolute Gasteiger partial charge is 0.469 e. The van der Waals surface area contributed by atoms with E-state index < -0.39 is 11.9 Å². The molecule has 0 aromatic carbocycles. The van der Waals surface area contributed by atoms with Gasteiger partial charge >= 0.3 is 6.18 Å². The minimum absolute atomic E-state index is 0.216. The van der Waals surface area contributed by atoms with Gasteiger partial charge in [-0.2, -0.15) is 13.2 Å². The number of furan rings is 1. The highest BCUT2D eigenvalue weighted by Gasteiger charge is 2.38. The van der Waals surface area contributed by atoms with E-state index in [1.165, 1.54) is 6.26 Å². The lowest BCUT2D eigenvalue weighted by molar-refractivity contribution is -0.141. The fraction of sp³-hybridized carbons (Fsp3) is 0.462.